The van der Waals surface area contributed by atoms with Crippen molar-refractivity contribution in [3.63, 3.8) is 0 Å². The van der Waals surface area contributed by atoms with Crippen molar-refractivity contribution >= 4 is 5.69 Å². The maximum absolute atomic E-state index is 11.5. The molecule has 1 rings (SSSR count). The number of aromatic hydroxyl groups is 1. The highest BCUT2D eigenvalue weighted by atomic mass is 16.3. The summed E-state index contributed by atoms with van der Waals surface area (Å²) in [6.45, 7) is 5.55. The maximum atomic E-state index is 11.5. The first-order valence-corrected chi connectivity index (χ1v) is 4.15. The SMILES string of the molecule is Cc1cc(O)c(N)c(=O)n1C(C)C. The lowest BCUT2D eigenvalue weighted by Gasteiger charge is -2.14. The Labute approximate surface area is 76.6 Å². The van der Waals surface area contributed by atoms with Gasteiger partial charge in [0.1, 0.15) is 11.4 Å². The minimum absolute atomic E-state index is 0.0513. The number of rotatable bonds is 1. The topological polar surface area (TPSA) is 68.2 Å². The molecular weight excluding hydrogens is 168 g/mol. The molecule has 0 aliphatic rings. The van der Waals surface area contributed by atoms with Crippen molar-refractivity contribution in [3.05, 3.63) is 22.1 Å². The van der Waals surface area contributed by atoms with Crippen molar-refractivity contribution in [1.82, 2.24) is 4.57 Å². The van der Waals surface area contributed by atoms with Gasteiger partial charge in [-0.1, -0.05) is 0 Å². The molecule has 4 heteroatoms. The summed E-state index contributed by atoms with van der Waals surface area (Å²) in [4.78, 5) is 11.5. The predicted molar refractivity (Wildman–Crippen MR) is 51.9 cm³/mol. The number of nitrogen functional groups attached to an aromatic ring is 1. The Kier molecular flexibility index (Phi) is 2.32. The van der Waals surface area contributed by atoms with Crippen LogP contribution in [-0.4, -0.2) is 9.67 Å². The van der Waals surface area contributed by atoms with Crippen molar-refractivity contribution in [2.75, 3.05) is 5.73 Å². The molecule has 3 N–H and O–H groups in total. The van der Waals surface area contributed by atoms with Crippen molar-refractivity contribution in [1.29, 1.82) is 0 Å². The van der Waals surface area contributed by atoms with Crippen LogP contribution < -0.4 is 11.3 Å². The fourth-order valence-electron chi connectivity index (χ4n) is 1.39. The van der Waals surface area contributed by atoms with Gasteiger partial charge in [-0.25, -0.2) is 0 Å². The maximum Gasteiger partial charge on any atom is 0.277 e. The molecule has 0 amide bonds. The Balaban J connectivity index is 3.54. The first-order valence-electron chi connectivity index (χ1n) is 4.15. The highest BCUT2D eigenvalue weighted by molar-refractivity contribution is 5.50. The summed E-state index contributed by atoms with van der Waals surface area (Å²) in [5.74, 6) is -0.139. The first-order chi connectivity index (χ1) is 5.95. The van der Waals surface area contributed by atoms with Gasteiger partial charge in [0.2, 0.25) is 0 Å². The van der Waals surface area contributed by atoms with Gasteiger partial charge in [0.15, 0.2) is 0 Å². The van der Waals surface area contributed by atoms with E-state index in [1.165, 1.54) is 6.07 Å². The zero-order chi connectivity index (χ0) is 10.2. The standard InChI is InChI=1S/C9H14N2O2/c1-5(2)11-6(3)4-7(12)8(10)9(11)13/h4-5,12H,10H2,1-3H3. The molecular formula is C9H14N2O2. The van der Waals surface area contributed by atoms with Crippen molar-refractivity contribution in [2.45, 2.75) is 26.8 Å². The normalized spacial score (nSPS) is 10.8. The molecule has 1 aromatic rings. The minimum Gasteiger partial charge on any atom is -0.506 e. The largest absolute Gasteiger partial charge is 0.506 e. The van der Waals surface area contributed by atoms with Crippen LogP contribution in [0.25, 0.3) is 0 Å². The third kappa shape index (κ3) is 1.52. The first kappa shape index (κ1) is 9.64. The fraction of sp³-hybridized carbons (Fsp3) is 0.444. The van der Waals surface area contributed by atoms with E-state index < -0.39 is 0 Å². The Bertz CT molecular complexity index is 380. The van der Waals surface area contributed by atoms with Gasteiger partial charge in [0, 0.05) is 17.8 Å². The molecule has 4 nitrogen and oxygen atoms in total. The number of aryl methyl sites for hydroxylation is 1. The Morgan fingerprint density at radius 3 is 2.54 bits per heavy atom. The summed E-state index contributed by atoms with van der Waals surface area (Å²) in [6.07, 6.45) is 0. The monoisotopic (exact) mass is 182 g/mol. The van der Waals surface area contributed by atoms with E-state index in [1.807, 2.05) is 13.8 Å². The van der Waals surface area contributed by atoms with Crippen molar-refractivity contribution in [2.24, 2.45) is 0 Å². The molecule has 0 saturated heterocycles. The Morgan fingerprint density at radius 2 is 2.08 bits per heavy atom. The Morgan fingerprint density at radius 1 is 1.54 bits per heavy atom. The van der Waals surface area contributed by atoms with E-state index in [1.54, 1.807) is 11.5 Å². The summed E-state index contributed by atoms with van der Waals surface area (Å²) in [5, 5.41) is 9.25. The number of pyridine rings is 1. The zero-order valence-electron chi connectivity index (χ0n) is 8.03. The van der Waals surface area contributed by atoms with E-state index >= 15 is 0 Å². The highest BCUT2D eigenvalue weighted by Gasteiger charge is 2.10. The van der Waals surface area contributed by atoms with Crippen molar-refractivity contribution in [3.8, 4) is 5.75 Å². The number of anilines is 1. The van der Waals surface area contributed by atoms with E-state index in [9.17, 15) is 9.90 Å². The van der Waals surface area contributed by atoms with Crippen LogP contribution in [0.15, 0.2) is 10.9 Å². The van der Waals surface area contributed by atoms with Gasteiger partial charge in [0.25, 0.3) is 5.56 Å². The quantitative estimate of drug-likeness (QED) is 0.681. The third-order valence-corrected chi connectivity index (χ3v) is 1.97. The molecule has 1 heterocycles. The summed E-state index contributed by atoms with van der Waals surface area (Å²) < 4.78 is 1.55. The molecule has 0 unspecified atom stereocenters. The van der Waals surface area contributed by atoms with Crippen LogP contribution in [0.3, 0.4) is 0 Å². The third-order valence-electron chi connectivity index (χ3n) is 1.97. The van der Waals surface area contributed by atoms with Crippen LogP contribution >= 0.6 is 0 Å². The molecule has 13 heavy (non-hydrogen) atoms. The summed E-state index contributed by atoms with van der Waals surface area (Å²) in [5.41, 5.74) is 5.71. The van der Waals surface area contributed by atoms with Crippen molar-refractivity contribution < 1.29 is 5.11 Å². The zero-order valence-corrected chi connectivity index (χ0v) is 8.03. The minimum atomic E-state index is -0.326. The van der Waals surface area contributed by atoms with Crippen LogP contribution in [-0.2, 0) is 0 Å². The second-order valence-electron chi connectivity index (χ2n) is 3.35. The molecule has 0 spiro atoms. The number of nitrogens with zero attached hydrogens (tertiary/aromatic N) is 1. The number of nitrogens with two attached hydrogens (primary N) is 1. The lowest BCUT2D eigenvalue weighted by Crippen LogP contribution is -2.26. The lowest BCUT2D eigenvalue weighted by molar-refractivity contribution is 0.468. The predicted octanol–water partition coefficient (Wildman–Crippen LogP) is 1.03. The molecule has 0 aliphatic carbocycles. The van der Waals surface area contributed by atoms with Crippen LogP contribution in [0, 0.1) is 6.92 Å². The smallest absolute Gasteiger partial charge is 0.277 e. The van der Waals surface area contributed by atoms with E-state index in [2.05, 4.69) is 0 Å². The van der Waals surface area contributed by atoms with Crippen LogP contribution in [0.4, 0.5) is 5.69 Å². The van der Waals surface area contributed by atoms with Gasteiger partial charge in [-0.15, -0.1) is 0 Å². The van der Waals surface area contributed by atoms with Crippen LogP contribution in [0.2, 0.25) is 0 Å². The molecule has 1 aromatic heterocycles. The van der Waals surface area contributed by atoms with Gasteiger partial charge in [0.05, 0.1) is 0 Å². The second kappa shape index (κ2) is 3.12. The molecule has 72 valence electrons. The van der Waals surface area contributed by atoms with Gasteiger partial charge in [-0.2, -0.15) is 0 Å². The molecule has 0 aliphatic heterocycles. The molecule has 0 saturated carbocycles. The van der Waals surface area contributed by atoms with Gasteiger partial charge in [-0.3, -0.25) is 4.79 Å². The van der Waals surface area contributed by atoms with Gasteiger partial charge < -0.3 is 15.4 Å². The van der Waals surface area contributed by atoms with E-state index in [-0.39, 0.29) is 23.0 Å². The average Bonchev–Trinajstić information content (AvgIpc) is 1.99. The molecule has 0 atom stereocenters. The van der Waals surface area contributed by atoms with Crippen LogP contribution in [0.1, 0.15) is 25.6 Å². The highest BCUT2D eigenvalue weighted by Crippen LogP contribution is 2.18. The average molecular weight is 182 g/mol. The fourth-order valence-corrected chi connectivity index (χ4v) is 1.39. The summed E-state index contributed by atoms with van der Waals surface area (Å²) in [7, 11) is 0. The summed E-state index contributed by atoms with van der Waals surface area (Å²) in [6, 6.07) is 1.55. The second-order valence-corrected chi connectivity index (χ2v) is 3.35. The molecule has 0 radical (unpaired) electrons. The molecule has 0 bridgehead atoms. The number of hydrogen-bond acceptors (Lipinski definition) is 3. The van der Waals surface area contributed by atoms with E-state index in [4.69, 9.17) is 5.73 Å². The van der Waals surface area contributed by atoms with Gasteiger partial charge >= 0.3 is 0 Å². The lowest BCUT2D eigenvalue weighted by atomic mass is 10.2. The number of hydrogen-bond donors (Lipinski definition) is 2. The Hall–Kier alpha value is -1.45. The molecule has 0 aromatic carbocycles. The van der Waals surface area contributed by atoms with Crippen LogP contribution in [0.5, 0.6) is 5.75 Å². The van der Waals surface area contributed by atoms with E-state index in [0.29, 0.717) is 5.69 Å². The summed E-state index contributed by atoms with van der Waals surface area (Å²) >= 11 is 0. The van der Waals surface area contributed by atoms with Gasteiger partial charge in [-0.05, 0) is 20.8 Å². The number of aromatic nitrogens is 1. The molecule has 0 fully saturated rings. The van der Waals surface area contributed by atoms with E-state index in [0.717, 1.165) is 0 Å².